The van der Waals surface area contributed by atoms with E-state index >= 15 is 0 Å². The van der Waals surface area contributed by atoms with Crippen molar-refractivity contribution < 1.29 is 0 Å². The fraction of sp³-hybridized carbons (Fsp3) is 0.833. The van der Waals surface area contributed by atoms with Crippen LogP contribution in [0.3, 0.4) is 0 Å². The number of hydrogen-bond acceptors (Lipinski definition) is 4. The van der Waals surface area contributed by atoms with Gasteiger partial charge in [-0.15, -0.1) is 34.2 Å². The van der Waals surface area contributed by atoms with Gasteiger partial charge in [-0.1, -0.05) is 39.5 Å². The molecule has 0 aliphatic heterocycles. The summed E-state index contributed by atoms with van der Waals surface area (Å²) in [4.78, 5) is 4.69. The Labute approximate surface area is 180 Å². The Bertz CT molecular complexity index is 480. The molecule has 0 spiro atoms. The normalized spacial score (nSPS) is 12.5. The average Bonchev–Trinajstić information content (AvgIpc) is 3.06. The molecule has 0 saturated heterocycles. The molecule has 6 nitrogen and oxygen atoms in total. The van der Waals surface area contributed by atoms with Crippen LogP contribution in [0.1, 0.15) is 58.7 Å². The molecule has 0 amide bonds. The third-order valence-corrected chi connectivity index (χ3v) is 4.69. The highest BCUT2D eigenvalue weighted by Gasteiger charge is 2.06. The third kappa shape index (κ3) is 11.3. The van der Waals surface area contributed by atoms with Crippen molar-refractivity contribution in [1.29, 1.82) is 0 Å². The first-order valence-electron chi connectivity index (χ1n) is 9.61. The number of nitrogens with zero attached hydrogens (tertiary/aromatic N) is 4. The molecule has 0 aliphatic carbocycles. The predicted octanol–water partition coefficient (Wildman–Crippen LogP) is 3.72. The molecule has 1 aromatic rings. The van der Waals surface area contributed by atoms with Crippen molar-refractivity contribution >= 4 is 41.7 Å². The highest BCUT2D eigenvalue weighted by molar-refractivity contribution is 14.0. The molecule has 26 heavy (non-hydrogen) atoms. The van der Waals surface area contributed by atoms with E-state index < -0.39 is 0 Å². The van der Waals surface area contributed by atoms with Gasteiger partial charge in [0, 0.05) is 31.3 Å². The molecule has 1 atom stereocenters. The SMILES string of the molecule is CCCCCCC(C)NC(=NCCSC)NCCn1cnnc1CC.I. The Balaban J connectivity index is 0.00000625. The second kappa shape index (κ2) is 16.6. The standard InChI is InChI=1S/C18H36N6S.HI/c1-5-7-8-9-10-16(3)22-18(20-12-14-25-4)19-11-13-24-15-21-23-17(24)6-2;/h15-16H,5-14H2,1-4H3,(H2,19,20,22);1H. The van der Waals surface area contributed by atoms with Gasteiger partial charge in [-0.2, -0.15) is 11.8 Å². The van der Waals surface area contributed by atoms with E-state index in [0.717, 1.165) is 43.6 Å². The Morgan fingerprint density at radius 2 is 2.12 bits per heavy atom. The van der Waals surface area contributed by atoms with E-state index in [2.05, 4.69) is 52.4 Å². The van der Waals surface area contributed by atoms with Crippen molar-refractivity contribution in [2.45, 2.75) is 71.9 Å². The summed E-state index contributed by atoms with van der Waals surface area (Å²) in [5.41, 5.74) is 0. The molecule has 1 aromatic heterocycles. The van der Waals surface area contributed by atoms with Gasteiger partial charge in [0.25, 0.3) is 0 Å². The van der Waals surface area contributed by atoms with Crippen molar-refractivity contribution in [3.8, 4) is 0 Å². The Kier molecular flexibility index (Phi) is 16.3. The van der Waals surface area contributed by atoms with E-state index in [1.165, 1.54) is 32.1 Å². The van der Waals surface area contributed by atoms with Crippen LogP contribution < -0.4 is 10.6 Å². The first-order valence-corrected chi connectivity index (χ1v) is 11.0. The number of aliphatic imine (C=N–C) groups is 1. The summed E-state index contributed by atoms with van der Waals surface area (Å²) >= 11 is 1.83. The molecule has 8 heteroatoms. The molecule has 0 aromatic carbocycles. The number of thioether (sulfide) groups is 1. The van der Waals surface area contributed by atoms with Crippen molar-refractivity contribution in [2.75, 3.05) is 25.1 Å². The van der Waals surface area contributed by atoms with Crippen LogP contribution in [0.15, 0.2) is 11.3 Å². The van der Waals surface area contributed by atoms with Crippen molar-refractivity contribution in [1.82, 2.24) is 25.4 Å². The lowest BCUT2D eigenvalue weighted by Crippen LogP contribution is -2.43. The molecule has 0 aliphatic rings. The van der Waals surface area contributed by atoms with Gasteiger partial charge in [0.15, 0.2) is 5.96 Å². The van der Waals surface area contributed by atoms with Crippen LogP contribution in [0, 0.1) is 0 Å². The van der Waals surface area contributed by atoms with Crippen LogP contribution >= 0.6 is 35.7 Å². The van der Waals surface area contributed by atoms with Crippen molar-refractivity contribution in [2.24, 2.45) is 4.99 Å². The molecule has 0 fully saturated rings. The maximum absolute atomic E-state index is 4.69. The van der Waals surface area contributed by atoms with Gasteiger partial charge < -0.3 is 15.2 Å². The summed E-state index contributed by atoms with van der Waals surface area (Å²) in [5, 5.41) is 15.1. The number of nitrogens with one attached hydrogen (secondary N) is 2. The van der Waals surface area contributed by atoms with Gasteiger partial charge in [0.2, 0.25) is 0 Å². The lowest BCUT2D eigenvalue weighted by molar-refractivity contribution is 0.534. The van der Waals surface area contributed by atoms with E-state index in [9.17, 15) is 0 Å². The number of hydrogen-bond donors (Lipinski definition) is 2. The zero-order valence-corrected chi connectivity index (χ0v) is 20.0. The van der Waals surface area contributed by atoms with Crippen LogP contribution in [0.5, 0.6) is 0 Å². The molecular formula is C18H37IN6S. The van der Waals surface area contributed by atoms with E-state index in [1.54, 1.807) is 6.33 Å². The molecule has 1 rings (SSSR count). The Morgan fingerprint density at radius 3 is 2.81 bits per heavy atom. The Morgan fingerprint density at radius 1 is 1.31 bits per heavy atom. The fourth-order valence-corrected chi connectivity index (χ4v) is 2.89. The topological polar surface area (TPSA) is 67.1 Å². The Hall–Kier alpha value is -0.510. The van der Waals surface area contributed by atoms with Gasteiger partial charge in [0.05, 0.1) is 6.54 Å². The first kappa shape index (κ1) is 25.5. The summed E-state index contributed by atoms with van der Waals surface area (Å²) in [6.07, 6.45) is 11.2. The minimum absolute atomic E-state index is 0. The number of aromatic nitrogens is 3. The molecule has 0 saturated carbocycles. The maximum Gasteiger partial charge on any atom is 0.191 e. The van der Waals surface area contributed by atoms with E-state index in [-0.39, 0.29) is 24.0 Å². The number of halogens is 1. The minimum atomic E-state index is 0. The summed E-state index contributed by atoms with van der Waals surface area (Å²) in [6.45, 7) is 9.11. The second-order valence-corrected chi connectivity index (χ2v) is 7.32. The van der Waals surface area contributed by atoms with Gasteiger partial charge >= 0.3 is 0 Å². The van der Waals surface area contributed by atoms with E-state index in [0.29, 0.717) is 6.04 Å². The van der Waals surface area contributed by atoms with Crippen molar-refractivity contribution in [3.63, 3.8) is 0 Å². The average molecular weight is 497 g/mol. The quantitative estimate of drug-likeness (QED) is 0.189. The van der Waals surface area contributed by atoms with Crippen LogP contribution in [0.25, 0.3) is 0 Å². The smallest absolute Gasteiger partial charge is 0.191 e. The van der Waals surface area contributed by atoms with Crippen molar-refractivity contribution in [3.05, 3.63) is 12.2 Å². The maximum atomic E-state index is 4.69. The number of unbranched alkanes of at least 4 members (excludes halogenated alkanes) is 3. The molecule has 1 heterocycles. The zero-order valence-electron chi connectivity index (χ0n) is 16.8. The number of aryl methyl sites for hydroxylation is 1. The zero-order chi connectivity index (χ0) is 18.3. The van der Waals surface area contributed by atoms with Gasteiger partial charge in [0.1, 0.15) is 12.2 Å². The van der Waals surface area contributed by atoms with Crippen LogP contribution in [0.4, 0.5) is 0 Å². The molecule has 0 radical (unpaired) electrons. The van der Waals surface area contributed by atoms with E-state index in [1.807, 2.05) is 11.8 Å². The highest BCUT2D eigenvalue weighted by Crippen LogP contribution is 2.05. The number of guanidine groups is 1. The number of rotatable bonds is 13. The molecule has 1 unspecified atom stereocenters. The lowest BCUT2D eigenvalue weighted by atomic mass is 10.1. The van der Waals surface area contributed by atoms with Gasteiger partial charge in [-0.25, -0.2) is 0 Å². The fourth-order valence-electron chi connectivity index (χ4n) is 2.62. The van der Waals surface area contributed by atoms with E-state index in [4.69, 9.17) is 4.99 Å². The summed E-state index contributed by atoms with van der Waals surface area (Å²) in [7, 11) is 0. The monoisotopic (exact) mass is 496 g/mol. The van der Waals surface area contributed by atoms with Crippen LogP contribution in [0.2, 0.25) is 0 Å². The second-order valence-electron chi connectivity index (χ2n) is 6.34. The molecule has 2 N–H and O–H groups in total. The lowest BCUT2D eigenvalue weighted by Gasteiger charge is -2.18. The molecule has 152 valence electrons. The third-order valence-electron chi connectivity index (χ3n) is 4.10. The minimum Gasteiger partial charge on any atom is -0.355 e. The summed E-state index contributed by atoms with van der Waals surface area (Å²) in [6, 6.07) is 0.443. The van der Waals surface area contributed by atoms with Gasteiger partial charge in [-0.3, -0.25) is 4.99 Å². The largest absolute Gasteiger partial charge is 0.355 e. The molecular weight excluding hydrogens is 459 g/mol. The summed E-state index contributed by atoms with van der Waals surface area (Å²) in [5.74, 6) is 2.99. The van der Waals surface area contributed by atoms with Crippen LogP contribution in [-0.4, -0.2) is 51.9 Å². The van der Waals surface area contributed by atoms with Gasteiger partial charge in [-0.05, 0) is 19.6 Å². The summed E-state index contributed by atoms with van der Waals surface area (Å²) < 4.78 is 2.10. The predicted molar refractivity (Wildman–Crippen MR) is 125 cm³/mol. The highest BCUT2D eigenvalue weighted by atomic mass is 127. The molecule has 0 bridgehead atoms. The van der Waals surface area contributed by atoms with Crippen LogP contribution in [-0.2, 0) is 13.0 Å². The first-order chi connectivity index (χ1) is 12.2.